The van der Waals surface area contributed by atoms with E-state index in [4.69, 9.17) is 16.3 Å². The maximum absolute atomic E-state index is 5.93. The van der Waals surface area contributed by atoms with Crippen molar-refractivity contribution >= 4 is 34.4 Å². The summed E-state index contributed by atoms with van der Waals surface area (Å²) in [5.74, 6) is 0.835. The number of rotatable bonds is 4. The number of aromatic nitrogens is 4. The van der Waals surface area contributed by atoms with Crippen molar-refractivity contribution in [2.75, 3.05) is 13.4 Å². The number of para-hydroxylation sites is 1. The molecule has 0 N–H and O–H groups in total. The Morgan fingerprint density at radius 2 is 2.10 bits per heavy atom. The van der Waals surface area contributed by atoms with Gasteiger partial charge in [-0.05, 0) is 23.9 Å². The SMILES string of the molecule is COc1ccccc1Cn1ncc2nc(Cl)nc(SC)c21. The molecular weight excluding hydrogens is 308 g/mol. The lowest BCUT2D eigenvalue weighted by molar-refractivity contribution is 0.407. The fraction of sp³-hybridized carbons (Fsp3) is 0.214. The van der Waals surface area contributed by atoms with Crippen LogP contribution in [0.2, 0.25) is 5.28 Å². The molecule has 108 valence electrons. The van der Waals surface area contributed by atoms with Gasteiger partial charge >= 0.3 is 0 Å². The predicted octanol–water partition coefficient (Wildman–Crippen LogP) is 3.26. The van der Waals surface area contributed by atoms with Gasteiger partial charge < -0.3 is 4.74 Å². The molecule has 3 rings (SSSR count). The molecule has 0 saturated heterocycles. The summed E-state index contributed by atoms with van der Waals surface area (Å²) in [5.41, 5.74) is 2.68. The summed E-state index contributed by atoms with van der Waals surface area (Å²) in [6.07, 6.45) is 3.66. The van der Waals surface area contributed by atoms with E-state index >= 15 is 0 Å². The number of methoxy groups -OCH3 is 1. The number of hydrogen-bond donors (Lipinski definition) is 0. The van der Waals surface area contributed by atoms with E-state index in [0.29, 0.717) is 6.54 Å². The third kappa shape index (κ3) is 2.69. The Morgan fingerprint density at radius 1 is 1.29 bits per heavy atom. The number of fused-ring (bicyclic) bond motifs is 1. The van der Waals surface area contributed by atoms with Crippen LogP contribution in [0.4, 0.5) is 0 Å². The van der Waals surface area contributed by atoms with Crippen LogP contribution < -0.4 is 4.74 Å². The highest BCUT2D eigenvalue weighted by Crippen LogP contribution is 2.26. The van der Waals surface area contributed by atoms with Crippen LogP contribution in [-0.2, 0) is 6.54 Å². The minimum absolute atomic E-state index is 0.240. The molecule has 0 aliphatic rings. The monoisotopic (exact) mass is 320 g/mol. The molecule has 2 aromatic heterocycles. The van der Waals surface area contributed by atoms with E-state index in [1.807, 2.05) is 35.2 Å². The van der Waals surface area contributed by atoms with Crippen LogP contribution in [-0.4, -0.2) is 33.1 Å². The Labute approximate surface area is 131 Å². The van der Waals surface area contributed by atoms with E-state index in [0.717, 1.165) is 27.4 Å². The lowest BCUT2D eigenvalue weighted by Crippen LogP contribution is -2.04. The van der Waals surface area contributed by atoms with Crippen LogP contribution in [0.3, 0.4) is 0 Å². The number of ether oxygens (including phenoxy) is 1. The first-order chi connectivity index (χ1) is 10.2. The molecule has 0 amide bonds. The second kappa shape index (κ2) is 5.91. The Bertz CT molecular complexity index is 790. The van der Waals surface area contributed by atoms with Gasteiger partial charge in [0.05, 0.1) is 19.9 Å². The zero-order chi connectivity index (χ0) is 14.8. The number of benzene rings is 1. The van der Waals surface area contributed by atoms with E-state index in [9.17, 15) is 0 Å². The predicted molar refractivity (Wildman–Crippen MR) is 84.2 cm³/mol. The molecule has 0 unspecified atom stereocenters. The van der Waals surface area contributed by atoms with Gasteiger partial charge in [-0.1, -0.05) is 18.2 Å². The van der Waals surface area contributed by atoms with Crippen molar-refractivity contribution in [3.8, 4) is 5.75 Å². The van der Waals surface area contributed by atoms with Crippen molar-refractivity contribution in [1.82, 2.24) is 19.7 Å². The standard InChI is InChI=1S/C14H13ClN4OS/c1-20-11-6-4-3-5-9(11)8-19-12-10(7-16-19)17-14(15)18-13(12)21-2/h3-7H,8H2,1-2H3. The molecule has 0 saturated carbocycles. The number of halogens is 1. The Kier molecular flexibility index (Phi) is 3.98. The summed E-state index contributed by atoms with van der Waals surface area (Å²) >= 11 is 7.45. The second-order valence-electron chi connectivity index (χ2n) is 4.35. The van der Waals surface area contributed by atoms with Gasteiger partial charge in [0.15, 0.2) is 0 Å². The van der Waals surface area contributed by atoms with Gasteiger partial charge in [0.2, 0.25) is 5.28 Å². The molecule has 1 aromatic carbocycles. The normalized spacial score (nSPS) is 11.0. The van der Waals surface area contributed by atoms with Crippen molar-refractivity contribution in [3.63, 3.8) is 0 Å². The molecule has 7 heteroatoms. The second-order valence-corrected chi connectivity index (χ2v) is 5.48. The maximum atomic E-state index is 5.93. The molecule has 0 fully saturated rings. The third-order valence-electron chi connectivity index (χ3n) is 3.14. The summed E-state index contributed by atoms with van der Waals surface area (Å²) in [5, 5.41) is 5.46. The highest BCUT2D eigenvalue weighted by Gasteiger charge is 2.13. The van der Waals surface area contributed by atoms with Crippen molar-refractivity contribution in [1.29, 1.82) is 0 Å². The van der Waals surface area contributed by atoms with Crippen LogP contribution in [0.15, 0.2) is 35.5 Å². The third-order valence-corrected chi connectivity index (χ3v) is 3.98. The topological polar surface area (TPSA) is 52.8 Å². The maximum Gasteiger partial charge on any atom is 0.224 e. The quantitative estimate of drug-likeness (QED) is 0.419. The zero-order valence-electron chi connectivity index (χ0n) is 11.6. The molecule has 5 nitrogen and oxygen atoms in total. The summed E-state index contributed by atoms with van der Waals surface area (Å²) < 4.78 is 7.25. The minimum Gasteiger partial charge on any atom is -0.496 e. The smallest absolute Gasteiger partial charge is 0.224 e. The molecule has 0 aliphatic heterocycles. The molecular formula is C14H13ClN4OS. The highest BCUT2D eigenvalue weighted by molar-refractivity contribution is 7.98. The summed E-state index contributed by atoms with van der Waals surface area (Å²) in [4.78, 5) is 8.48. The molecule has 3 aromatic rings. The van der Waals surface area contributed by atoms with Gasteiger partial charge in [-0.15, -0.1) is 11.8 Å². The molecule has 2 heterocycles. The fourth-order valence-corrected chi connectivity index (χ4v) is 3.00. The average Bonchev–Trinajstić information content (AvgIpc) is 2.89. The summed E-state index contributed by atoms with van der Waals surface area (Å²) in [6.45, 7) is 0.589. The summed E-state index contributed by atoms with van der Waals surface area (Å²) in [7, 11) is 1.66. The lowest BCUT2D eigenvalue weighted by atomic mass is 10.2. The van der Waals surface area contributed by atoms with Gasteiger partial charge in [0.1, 0.15) is 21.8 Å². The van der Waals surface area contributed by atoms with E-state index in [1.165, 1.54) is 11.8 Å². The van der Waals surface area contributed by atoms with Crippen LogP contribution in [0.25, 0.3) is 11.0 Å². The van der Waals surface area contributed by atoms with Gasteiger partial charge in [-0.25, -0.2) is 9.97 Å². The van der Waals surface area contributed by atoms with Gasteiger partial charge in [0.25, 0.3) is 0 Å². The van der Waals surface area contributed by atoms with E-state index in [-0.39, 0.29) is 5.28 Å². The van der Waals surface area contributed by atoms with E-state index in [2.05, 4.69) is 15.1 Å². The van der Waals surface area contributed by atoms with Crippen LogP contribution >= 0.6 is 23.4 Å². The first-order valence-corrected chi connectivity index (χ1v) is 7.88. The molecule has 21 heavy (non-hydrogen) atoms. The van der Waals surface area contributed by atoms with Crippen molar-refractivity contribution in [2.45, 2.75) is 11.6 Å². The van der Waals surface area contributed by atoms with E-state index < -0.39 is 0 Å². The largest absolute Gasteiger partial charge is 0.496 e. The zero-order valence-corrected chi connectivity index (χ0v) is 13.1. The van der Waals surface area contributed by atoms with Gasteiger partial charge in [0, 0.05) is 5.56 Å². The van der Waals surface area contributed by atoms with Gasteiger partial charge in [-0.3, -0.25) is 4.68 Å². The first-order valence-electron chi connectivity index (χ1n) is 6.28. The highest BCUT2D eigenvalue weighted by atomic mass is 35.5. The van der Waals surface area contributed by atoms with Crippen LogP contribution in [0.5, 0.6) is 5.75 Å². The van der Waals surface area contributed by atoms with Crippen molar-refractivity contribution < 1.29 is 4.74 Å². The van der Waals surface area contributed by atoms with Crippen molar-refractivity contribution in [2.24, 2.45) is 0 Å². The number of hydrogen-bond acceptors (Lipinski definition) is 5. The number of nitrogens with zero attached hydrogens (tertiary/aromatic N) is 4. The minimum atomic E-state index is 0.240. The molecule has 0 atom stereocenters. The Hall–Kier alpha value is -1.79. The Morgan fingerprint density at radius 3 is 2.86 bits per heavy atom. The molecule has 0 bridgehead atoms. The van der Waals surface area contributed by atoms with Crippen molar-refractivity contribution in [3.05, 3.63) is 41.3 Å². The average molecular weight is 321 g/mol. The fourth-order valence-electron chi connectivity index (χ4n) is 2.20. The lowest BCUT2D eigenvalue weighted by Gasteiger charge is -2.10. The van der Waals surface area contributed by atoms with Gasteiger partial charge in [-0.2, -0.15) is 5.10 Å². The molecule has 0 radical (unpaired) electrons. The molecule has 0 aliphatic carbocycles. The number of thioether (sulfide) groups is 1. The first kappa shape index (κ1) is 14.2. The summed E-state index contributed by atoms with van der Waals surface area (Å²) in [6, 6.07) is 7.87. The Balaban J connectivity index is 2.09. The van der Waals surface area contributed by atoms with Crippen LogP contribution in [0, 0.1) is 0 Å². The van der Waals surface area contributed by atoms with Crippen LogP contribution in [0.1, 0.15) is 5.56 Å². The molecule has 0 spiro atoms. The van der Waals surface area contributed by atoms with E-state index in [1.54, 1.807) is 13.3 Å².